The standard InChI is InChI=1S/C21H18N2O5/c1-22-21(27)23-19(25)18(14-8-3-2-4-9-14)28-20(26)16-12-11-13-7-5-6-10-15(13)17(16)24/h2-12,18,24H,1H3,(H2,22,23,25,27). The van der Waals surface area contributed by atoms with Gasteiger partial charge in [0.15, 0.2) is 0 Å². The number of rotatable bonds is 4. The molecule has 0 radical (unpaired) electrons. The maximum atomic E-state index is 12.7. The van der Waals surface area contributed by atoms with Crippen LogP contribution in [0, 0.1) is 0 Å². The molecule has 7 heteroatoms. The number of carbonyl (C=O) groups is 3. The molecule has 0 fully saturated rings. The smallest absolute Gasteiger partial charge is 0.343 e. The Kier molecular flexibility index (Phi) is 5.55. The number of amides is 3. The first-order chi connectivity index (χ1) is 13.5. The van der Waals surface area contributed by atoms with Crippen molar-refractivity contribution >= 4 is 28.7 Å². The second-order valence-electron chi connectivity index (χ2n) is 5.95. The van der Waals surface area contributed by atoms with E-state index in [0.29, 0.717) is 10.9 Å². The second kappa shape index (κ2) is 8.22. The SMILES string of the molecule is CNC(=O)NC(=O)C(OC(=O)c1ccc2ccccc2c1O)c1ccccc1. The predicted octanol–water partition coefficient (Wildman–Crippen LogP) is 2.90. The van der Waals surface area contributed by atoms with E-state index in [1.54, 1.807) is 54.6 Å². The molecule has 1 unspecified atom stereocenters. The molecule has 0 aliphatic rings. The molecule has 0 aliphatic heterocycles. The minimum atomic E-state index is -1.36. The van der Waals surface area contributed by atoms with Gasteiger partial charge in [0.2, 0.25) is 6.10 Å². The summed E-state index contributed by atoms with van der Waals surface area (Å²) < 4.78 is 5.37. The fraction of sp³-hybridized carbons (Fsp3) is 0.0952. The zero-order chi connectivity index (χ0) is 20.1. The molecule has 1 atom stereocenters. The topological polar surface area (TPSA) is 105 Å². The molecule has 0 aromatic heterocycles. The lowest BCUT2D eigenvalue weighted by Crippen LogP contribution is -2.41. The fourth-order valence-electron chi connectivity index (χ4n) is 2.73. The molecule has 0 heterocycles. The number of fused-ring (bicyclic) bond motifs is 1. The van der Waals surface area contributed by atoms with Crippen molar-refractivity contribution in [3.8, 4) is 5.75 Å². The lowest BCUT2D eigenvalue weighted by atomic mass is 10.0. The summed E-state index contributed by atoms with van der Waals surface area (Å²) in [5.74, 6) is -1.93. The summed E-state index contributed by atoms with van der Waals surface area (Å²) in [6.07, 6.45) is -1.36. The number of phenolic OH excluding ortho intramolecular Hbond substituents is 1. The molecule has 3 N–H and O–H groups in total. The van der Waals surface area contributed by atoms with Crippen molar-refractivity contribution in [2.75, 3.05) is 7.05 Å². The summed E-state index contributed by atoms with van der Waals surface area (Å²) in [7, 11) is 1.36. The Hall–Kier alpha value is -3.87. The summed E-state index contributed by atoms with van der Waals surface area (Å²) in [5.41, 5.74) is 0.310. The molecule has 0 aliphatic carbocycles. The van der Waals surface area contributed by atoms with Gasteiger partial charge >= 0.3 is 12.0 Å². The van der Waals surface area contributed by atoms with Gasteiger partial charge in [-0.15, -0.1) is 0 Å². The van der Waals surface area contributed by atoms with E-state index >= 15 is 0 Å². The Morgan fingerprint density at radius 1 is 0.929 bits per heavy atom. The minimum Gasteiger partial charge on any atom is -0.506 e. The highest BCUT2D eigenvalue weighted by Crippen LogP contribution is 2.30. The van der Waals surface area contributed by atoms with E-state index in [1.165, 1.54) is 13.1 Å². The number of carbonyl (C=O) groups excluding carboxylic acids is 3. The fourth-order valence-corrected chi connectivity index (χ4v) is 2.73. The number of benzene rings is 3. The summed E-state index contributed by atoms with van der Waals surface area (Å²) in [6.45, 7) is 0. The van der Waals surface area contributed by atoms with Gasteiger partial charge in [0.1, 0.15) is 11.3 Å². The Labute approximate surface area is 160 Å². The van der Waals surface area contributed by atoms with Crippen LogP contribution in [0.25, 0.3) is 10.8 Å². The maximum Gasteiger partial charge on any atom is 0.343 e. The largest absolute Gasteiger partial charge is 0.506 e. The zero-order valence-corrected chi connectivity index (χ0v) is 15.0. The molecule has 3 amide bonds. The lowest BCUT2D eigenvalue weighted by Gasteiger charge is -2.18. The minimum absolute atomic E-state index is 0.0765. The van der Waals surface area contributed by atoms with E-state index in [1.807, 2.05) is 6.07 Å². The molecule has 3 rings (SSSR count). The molecular weight excluding hydrogens is 360 g/mol. The molecular formula is C21H18N2O5. The molecule has 0 bridgehead atoms. The van der Waals surface area contributed by atoms with E-state index < -0.39 is 24.0 Å². The summed E-state index contributed by atoms with van der Waals surface area (Å²) in [6, 6.07) is 17.7. The average molecular weight is 378 g/mol. The molecule has 0 saturated heterocycles. The van der Waals surface area contributed by atoms with Gasteiger partial charge < -0.3 is 15.2 Å². The van der Waals surface area contributed by atoms with Crippen molar-refractivity contribution in [1.82, 2.24) is 10.6 Å². The van der Waals surface area contributed by atoms with Gasteiger partial charge in [-0.3, -0.25) is 10.1 Å². The number of ether oxygens (including phenoxy) is 1. The lowest BCUT2D eigenvalue weighted by molar-refractivity contribution is -0.129. The van der Waals surface area contributed by atoms with E-state index in [0.717, 1.165) is 5.39 Å². The number of aromatic hydroxyl groups is 1. The van der Waals surface area contributed by atoms with Crippen molar-refractivity contribution in [2.24, 2.45) is 0 Å². The van der Waals surface area contributed by atoms with Gasteiger partial charge in [-0.25, -0.2) is 9.59 Å². The third kappa shape index (κ3) is 3.93. The van der Waals surface area contributed by atoms with Gasteiger partial charge in [0.25, 0.3) is 5.91 Å². The Morgan fingerprint density at radius 3 is 2.32 bits per heavy atom. The normalized spacial score (nSPS) is 11.5. The highest BCUT2D eigenvalue weighted by molar-refractivity contribution is 6.03. The van der Waals surface area contributed by atoms with Crippen LogP contribution in [0.4, 0.5) is 4.79 Å². The highest BCUT2D eigenvalue weighted by atomic mass is 16.5. The van der Waals surface area contributed by atoms with Crippen LogP contribution in [-0.2, 0) is 9.53 Å². The number of imide groups is 1. The molecule has 0 spiro atoms. The number of phenols is 1. The van der Waals surface area contributed by atoms with Crippen molar-refractivity contribution in [2.45, 2.75) is 6.10 Å². The van der Waals surface area contributed by atoms with E-state index in [4.69, 9.17) is 4.74 Å². The van der Waals surface area contributed by atoms with Crippen LogP contribution < -0.4 is 10.6 Å². The molecule has 7 nitrogen and oxygen atoms in total. The van der Waals surface area contributed by atoms with Crippen molar-refractivity contribution in [1.29, 1.82) is 0 Å². The van der Waals surface area contributed by atoms with E-state index in [9.17, 15) is 19.5 Å². The molecule has 3 aromatic carbocycles. The van der Waals surface area contributed by atoms with Crippen molar-refractivity contribution < 1.29 is 24.2 Å². The zero-order valence-electron chi connectivity index (χ0n) is 15.0. The number of hydrogen-bond donors (Lipinski definition) is 3. The number of urea groups is 1. The van der Waals surface area contributed by atoms with Gasteiger partial charge in [-0.2, -0.15) is 0 Å². The second-order valence-corrected chi connectivity index (χ2v) is 5.95. The van der Waals surface area contributed by atoms with Gasteiger partial charge in [-0.05, 0) is 11.5 Å². The van der Waals surface area contributed by atoms with Crippen LogP contribution in [0.3, 0.4) is 0 Å². The Bertz CT molecular complexity index is 1030. The number of hydrogen-bond acceptors (Lipinski definition) is 5. The van der Waals surface area contributed by atoms with Crippen LogP contribution in [0.2, 0.25) is 0 Å². The molecule has 142 valence electrons. The third-order valence-corrected chi connectivity index (χ3v) is 4.15. The highest BCUT2D eigenvalue weighted by Gasteiger charge is 2.28. The third-order valence-electron chi connectivity index (χ3n) is 4.15. The Morgan fingerprint density at radius 2 is 1.61 bits per heavy atom. The first-order valence-electron chi connectivity index (χ1n) is 8.50. The van der Waals surface area contributed by atoms with Crippen LogP contribution in [-0.4, -0.2) is 30.1 Å². The first-order valence-corrected chi connectivity index (χ1v) is 8.50. The first kappa shape index (κ1) is 18.9. The molecule has 0 saturated carbocycles. The maximum absolute atomic E-state index is 12.7. The Balaban J connectivity index is 1.92. The predicted molar refractivity (Wildman–Crippen MR) is 103 cm³/mol. The van der Waals surface area contributed by atoms with Gasteiger partial charge in [-0.1, -0.05) is 60.7 Å². The summed E-state index contributed by atoms with van der Waals surface area (Å²) in [4.78, 5) is 36.6. The summed E-state index contributed by atoms with van der Waals surface area (Å²) in [5, 5.41) is 16.1. The summed E-state index contributed by atoms with van der Waals surface area (Å²) >= 11 is 0. The van der Waals surface area contributed by atoms with Crippen LogP contribution >= 0.6 is 0 Å². The van der Waals surface area contributed by atoms with Crippen LogP contribution in [0.5, 0.6) is 5.75 Å². The van der Waals surface area contributed by atoms with E-state index in [-0.39, 0.29) is 11.3 Å². The average Bonchev–Trinajstić information content (AvgIpc) is 2.72. The van der Waals surface area contributed by atoms with E-state index in [2.05, 4.69) is 10.6 Å². The molecule has 3 aromatic rings. The van der Waals surface area contributed by atoms with Gasteiger partial charge in [0.05, 0.1) is 0 Å². The van der Waals surface area contributed by atoms with Crippen LogP contribution in [0.15, 0.2) is 66.7 Å². The quantitative estimate of drug-likeness (QED) is 0.606. The monoisotopic (exact) mass is 378 g/mol. The van der Waals surface area contributed by atoms with Crippen LogP contribution in [0.1, 0.15) is 22.0 Å². The van der Waals surface area contributed by atoms with Crippen molar-refractivity contribution in [3.05, 3.63) is 77.9 Å². The molecule has 28 heavy (non-hydrogen) atoms. The number of esters is 1. The van der Waals surface area contributed by atoms with Crippen molar-refractivity contribution in [3.63, 3.8) is 0 Å². The number of nitrogens with one attached hydrogen (secondary N) is 2. The van der Waals surface area contributed by atoms with Gasteiger partial charge in [0, 0.05) is 18.0 Å².